The molecule has 0 amide bonds. The molecular weight excluding hydrogens is 480 g/mol. The number of benzene rings is 4. The zero-order valence-electron chi connectivity index (χ0n) is 21.6. The molecule has 0 saturated heterocycles. The third-order valence-electron chi connectivity index (χ3n) is 6.41. The largest absolute Gasteiger partial charge is 0.507 e. The summed E-state index contributed by atoms with van der Waals surface area (Å²) in [5, 5.41) is 20.7. The van der Waals surface area contributed by atoms with Crippen molar-refractivity contribution in [2.45, 2.75) is 6.92 Å². The Morgan fingerprint density at radius 1 is 0.692 bits per heavy atom. The number of pyridine rings is 1. The van der Waals surface area contributed by atoms with Gasteiger partial charge in [-0.15, -0.1) is 0 Å². The lowest BCUT2D eigenvalue weighted by Crippen LogP contribution is -2.29. The van der Waals surface area contributed by atoms with Gasteiger partial charge < -0.3 is 10.2 Å². The van der Waals surface area contributed by atoms with Crippen LogP contribution in [0.4, 0.5) is 5.69 Å². The lowest BCUT2D eigenvalue weighted by molar-refractivity contribution is -0.595. The molecule has 4 aromatic carbocycles. The molecule has 0 unspecified atom stereocenters. The van der Waals surface area contributed by atoms with Gasteiger partial charge in [-0.05, 0) is 59.5 Å². The van der Waals surface area contributed by atoms with Crippen LogP contribution in [-0.4, -0.2) is 16.4 Å². The van der Waals surface area contributed by atoms with E-state index in [9.17, 15) is 10.2 Å². The SMILES string of the molecule is C/C=C\C(=C/C=Nc1ccc(O)c(-c2ccccc2)c1)c1cc[n+](-c2ccc(O)c(-c3ccccc3)c2)cc1. The smallest absolute Gasteiger partial charge is 0.211 e. The van der Waals surface area contributed by atoms with Crippen molar-refractivity contribution in [3.8, 4) is 39.4 Å². The average molecular weight is 510 g/mol. The molecule has 4 heteroatoms. The van der Waals surface area contributed by atoms with E-state index in [1.54, 1.807) is 24.4 Å². The Labute approximate surface area is 228 Å². The molecule has 5 aromatic rings. The number of aliphatic imine (C=N–C) groups is 1. The summed E-state index contributed by atoms with van der Waals surface area (Å²) < 4.78 is 2.03. The van der Waals surface area contributed by atoms with Gasteiger partial charge in [0.2, 0.25) is 5.69 Å². The minimum absolute atomic E-state index is 0.229. The molecule has 0 aliphatic carbocycles. The molecule has 0 aliphatic rings. The maximum Gasteiger partial charge on any atom is 0.211 e. The number of aromatic hydroxyl groups is 2. The molecule has 0 spiro atoms. The molecule has 2 N–H and O–H groups in total. The zero-order chi connectivity index (χ0) is 27.0. The van der Waals surface area contributed by atoms with Crippen LogP contribution < -0.4 is 4.57 Å². The summed E-state index contributed by atoms with van der Waals surface area (Å²) in [5.74, 6) is 0.483. The first kappa shape index (κ1) is 25.4. The quantitative estimate of drug-likeness (QED) is 0.132. The lowest BCUT2D eigenvalue weighted by atomic mass is 10.0. The van der Waals surface area contributed by atoms with Crippen molar-refractivity contribution >= 4 is 17.5 Å². The summed E-state index contributed by atoms with van der Waals surface area (Å²) in [7, 11) is 0. The number of rotatable bonds is 7. The van der Waals surface area contributed by atoms with Gasteiger partial charge in [0.25, 0.3) is 0 Å². The highest BCUT2D eigenvalue weighted by molar-refractivity contribution is 5.89. The summed E-state index contributed by atoms with van der Waals surface area (Å²) in [6, 6.07) is 34.7. The van der Waals surface area contributed by atoms with Crippen molar-refractivity contribution in [3.63, 3.8) is 0 Å². The summed E-state index contributed by atoms with van der Waals surface area (Å²) >= 11 is 0. The van der Waals surface area contributed by atoms with E-state index >= 15 is 0 Å². The Morgan fingerprint density at radius 3 is 1.90 bits per heavy atom. The predicted octanol–water partition coefficient (Wildman–Crippen LogP) is 8.07. The summed E-state index contributed by atoms with van der Waals surface area (Å²) in [6.07, 6.45) is 11.8. The van der Waals surface area contributed by atoms with Crippen molar-refractivity contribution in [3.05, 3.63) is 145 Å². The maximum absolute atomic E-state index is 10.4. The van der Waals surface area contributed by atoms with Crippen molar-refractivity contribution in [2.24, 2.45) is 4.99 Å². The molecule has 0 aliphatic heterocycles. The molecule has 0 atom stereocenters. The van der Waals surface area contributed by atoms with E-state index in [4.69, 9.17) is 0 Å². The molecule has 1 aromatic heterocycles. The Balaban J connectivity index is 1.39. The monoisotopic (exact) mass is 509 g/mol. The Hall–Kier alpha value is -5.22. The molecule has 0 fully saturated rings. The fraction of sp³-hybridized carbons (Fsp3) is 0.0286. The maximum atomic E-state index is 10.4. The number of phenolic OH excluding ortho intramolecular Hbond substituents is 2. The van der Waals surface area contributed by atoms with Crippen LogP contribution in [0.2, 0.25) is 0 Å². The molecule has 0 saturated carbocycles. The van der Waals surface area contributed by atoms with Crippen LogP contribution in [0, 0.1) is 0 Å². The van der Waals surface area contributed by atoms with Gasteiger partial charge in [-0.25, -0.2) is 0 Å². The molecular formula is C35H29N2O2+. The minimum Gasteiger partial charge on any atom is -0.507 e. The molecule has 190 valence electrons. The number of phenols is 2. The van der Waals surface area contributed by atoms with Gasteiger partial charge in [-0.2, -0.15) is 4.57 Å². The van der Waals surface area contributed by atoms with E-state index in [1.165, 1.54) is 0 Å². The predicted molar refractivity (Wildman–Crippen MR) is 160 cm³/mol. The Morgan fingerprint density at radius 2 is 1.28 bits per heavy atom. The molecule has 39 heavy (non-hydrogen) atoms. The number of allylic oxidation sites excluding steroid dienone is 4. The van der Waals surface area contributed by atoms with E-state index in [0.29, 0.717) is 0 Å². The van der Waals surface area contributed by atoms with E-state index < -0.39 is 0 Å². The number of hydrogen-bond acceptors (Lipinski definition) is 3. The second-order valence-electron chi connectivity index (χ2n) is 9.03. The zero-order valence-corrected chi connectivity index (χ0v) is 21.6. The van der Waals surface area contributed by atoms with E-state index in [1.807, 2.05) is 121 Å². The first-order valence-electron chi connectivity index (χ1n) is 12.8. The fourth-order valence-corrected chi connectivity index (χ4v) is 4.41. The van der Waals surface area contributed by atoms with Crippen molar-refractivity contribution < 1.29 is 14.8 Å². The number of nitrogens with zero attached hydrogens (tertiary/aromatic N) is 2. The molecule has 0 bridgehead atoms. The van der Waals surface area contributed by atoms with Gasteiger partial charge >= 0.3 is 0 Å². The molecule has 5 rings (SSSR count). The van der Waals surface area contributed by atoms with Gasteiger partial charge in [0.05, 0.1) is 5.69 Å². The van der Waals surface area contributed by atoms with Gasteiger partial charge in [0, 0.05) is 41.6 Å². The third-order valence-corrected chi connectivity index (χ3v) is 6.41. The number of hydrogen-bond donors (Lipinski definition) is 2. The molecule has 1 heterocycles. The Kier molecular flexibility index (Phi) is 7.75. The Bertz CT molecular complexity index is 1650. The van der Waals surface area contributed by atoms with Crippen LogP contribution in [0.1, 0.15) is 12.5 Å². The normalized spacial score (nSPS) is 11.9. The standard InChI is InChI=1S/C35H28N2O2/c1-2-9-26(18-21-36-30-14-16-34(38)32(24-30)28-10-5-3-6-11-28)27-19-22-37(23-20-27)31-15-17-35(39)33(25-31)29-12-7-4-8-13-29/h2-25,39H,1H3/p+1/b9-2-. The van der Waals surface area contributed by atoms with Crippen LogP contribution >= 0.6 is 0 Å². The lowest BCUT2D eigenvalue weighted by Gasteiger charge is -2.06. The van der Waals surface area contributed by atoms with Crippen molar-refractivity contribution in [1.82, 2.24) is 0 Å². The number of aromatic nitrogens is 1. The summed E-state index contributed by atoms with van der Waals surface area (Å²) in [4.78, 5) is 4.62. The van der Waals surface area contributed by atoms with Crippen LogP contribution in [0.15, 0.2) is 145 Å². The fourth-order valence-electron chi connectivity index (χ4n) is 4.41. The highest BCUT2D eigenvalue weighted by atomic mass is 16.3. The van der Waals surface area contributed by atoms with E-state index in [-0.39, 0.29) is 11.5 Å². The van der Waals surface area contributed by atoms with Gasteiger partial charge in [0.15, 0.2) is 12.4 Å². The van der Waals surface area contributed by atoms with Gasteiger partial charge in [0.1, 0.15) is 11.5 Å². The third kappa shape index (κ3) is 6.03. The average Bonchev–Trinajstić information content (AvgIpc) is 2.99. The van der Waals surface area contributed by atoms with Gasteiger partial charge in [-0.3, -0.25) is 4.99 Å². The summed E-state index contributed by atoms with van der Waals surface area (Å²) in [6.45, 7) is 1.99. The second-order valence-corrected chi connectivity index (χ2v) is 9.03. The van der Waals surface area contributed by atoms with Crippen LogP contribution in [0.3, 0.4) is 0 Å². The molecule has 0 radical (unpaired) electrons. The first-order valence-corrected chi connectivity index (χ1v) is 12.8. The van der Waals surface area contributed by atoms with Gasteiger partial charge in [-0.1, -0.05) is 72.8 Å². The molecule has 4 nitrogen and oxygen atoms in total. The highest BCUT2D eigenvalue weighted by Crippen LogP contribution is 2.33. The highest BCUT2D eigenvalue weighted by Gasteiger charge is 2.12. The van der Waals surface area contributed by atoms with Crippen molar-refractivity contribution in [2.75, 3.05) is 0 Å². The summed E-state index contributed by atoms with van der Waals surface area (Å²) in [5.41, 5.74) is 7.24. The van der Waals surface area contributed by atoms with E-state index in [0.717, 1.165) is 44.8 Å². The van der Waals surface area contributed by atoms with Crippen LogP contribution in [0.25, 0.3) is 33.5 Å². The van der Waals surface area contributed by atoms with Crippen LogP contribution in [0.5, 0.6) is 11.5 Å². The van der Waals surface area contributed by atoms with Crippen molar-refractivity contribution in [1.29, 1.82) is 0 Å². The second kappa shape index (κ2) is 11.9. The van der Waals surface area contributed by atoms with E-state index in [2.05, 4.69) is 17.1 Å². The topological polar surface area (TPSA) is 56.7 Å². The van der Waals surface area contributed by atoms with Crippen LogP contribution in [-0.2, 0) is 0 Å². The first-order chi connectivity index (χ1) is 19.1. The minimum atomic E-state index is 0.229.